The molecule has 0 radical (unpaired) electrons. The predicted octanol–water partition coefficient (Wildman–Crippen LogP) is 2.05. The van der Waals surface area contributed by atoms with E-state index in [1.807, 2.05) is 9.80 Å². The van der Waals surface area contributed by atoms with E-state index in [0.717, 1.165) is 45.3 Å². The van der Waals surface area contributed by atoms with Gasteiger partial charge in [0.15, 0.2) is 0 Å². The van der Waals surface area contributed by atoms with Crippen LogP contribution in [-0.4, -0.2) is 59.9 Å². The number of nitrogens with zero attached hydrogens (tertiary/aromatic N) is 2. The van der Waals surface area contributed by atoms with Crippen molar-refractivity contribution >= 4 is 24.2 Å². The van der Waals surface area contributed by atoms with Crippen molar-refractivity contribution in [1.29, 1.82) is 0 Å². The molecule has 0 aromatic carbocycles. The lowest BCUT2D eigenvalue weighted by Crippen LogP contribution is -2.46. The van der Waals surface area contributed by atoms with Crippen molar-refractivity contribution in [3.63, 3.8) is 0 Å². The van der Waals surface area contributed by atoms with Crippen LogP contribution in [0.15, 0.2) is 0 Å². The van der Waals surface area contributed by atoms with Crippen LogP contribution in [0.3, 0.4) is 0 Å². The summed E-state index contributed by atoms with van der Waals surface area (Å²) in [6, 6.07) is 0.563. The van der Waals surface area contributed by atoms with Gasteiger partial charge in [-0.25, -0.2) is 0 Å². The SMILES string of the molecule is CCCC(C)N1CC(C(=O)N(CCC)C2CCNC2)CC1=O.Cl. The third-order valence-electron chi connectivity index (χ3n) is 4.97. The molecular weight excluding hydrogens is 314 g/mol. The molecule has 5 nitrogen and oxygen atoms in total. The van der Waals surface area contributed by atoms with E-state index in [9.17, 15) is 9.59 Å². The lowest BCUT2D eigenvalue weighted by atomic mass is 10.0. The van der Waals surface area contributed by atoms with Crippen molar-refractivity contribution in [2.75, 3.05) is 26.2 Å². The number of likely N-dealkylation sites (tertiary alicyclic amines) is 1. The Hall–Kier alpha value is -0.810. The summed E-state index contributed by atoms with van der Waals surface area (Å²) >= 11 is 0. The highest BCUT2D eigenvalue weighted by Gasteiger charge is 2.39. The van der Waals surface area contributed by atoms with Crippen molar-refractivity contribution < 1.29 is 9.59 Å². The fourth-order valence-corrected chi connectivity index (χ4v) is 3.75. The first-order valence-corrected chi connectivity index (χ1v) is 8.89. The Balaban J connectivity index is 0.00000264. The normalized spacial score (nSPS) is 25.3. The number of nitrogens with one attached hydrogen (secondary N) is 1. The van der Waals surface area contributed by atoms with Gasteiger partial charge in [-0.3, -0.25) is 9.59 Å². The minimum absolute atomic E-state index is 0. The van der Waals surface area contributed by atoms with Gasteiger partial charge in [-0.05, 0) is 32.7 Å². The van der Waals surface area contributed by atoms with Crippen molar-refractivity contribution in [3.8, 4) is 0 Å². The van der Waals surface area contributed by atoms with E-state index >= 15 is 0 Å². The van der Waals surface area contributed by atoms with E-state index < -0.39 is 0 Å². The largest absolute Gasteiger partial charge is 0.339 e. The second kappa shape index (κ2) is 9.48. The van der Waals surface area contributed by atoms with Crippen LogP contribution in [0.5, 0.6) is 0 Å². The molecule has 0 bridgehead atoms. The second-order valence-electron chi connectivity index (χ2n) is 6.76. The Morgan fingerprint density at radius 3 is 2.70 bits per heavy atom. The highest BCUT2D eigenvalue weighted by atomic mass is 35.5. The van der Waals surface area contributed by atoms with Crippen LogP contribution in [0.2, 0.25) is 0 Å². The van der Waals surface area contributed by atoms with Crippen molar-refractivity contribution in [3.05, 3.63) is 0 Å². The molecule has 0 aromatic rings. The highest BCUT2D eigenvalue weighted by molar-refractivity contribution is 5.89. The molecule has 0 saturated carbocycles. The van der Waals surface area contributed by atoms with E-state index in [-0.39, 0.29) is 36.2 Å². The molecule has 23 heavy (non-hydrogen) atoms. The Morgan fingerprint density at radius 1 is 1.39 bits per heavy atom. The highest BCUT2D eigenvalue weighted by Crippen LogP contribution is 2.25. The van der Waals surface area contributed by atoms with Crippen LogP contribution < -0.4 is 5.32 Å². The van der Waals surface area contributed by atoms with Crippen LogP contribution in [0.25, 0.3) is 0 Å². The number of amides is 2. The zero-order valence-electron chi connectivity index (χ0n) is 14.7. The lowest BCUT2D eigenvalue weighted by molar-refractivity contribution is -0.137. The molecule has 0 spiro atoms. The summed E-state index contributed by atoms with van der Waals surface area (Å²) in [5.41, 5.74) is 0. The smallest absolute Gasteiger partial charge is 0.228 e. The summed E-state index contributed by atoms with van der Waals surface area (Å²) in [6.45, 7) is 9.64. The quantitative estimate of drug-likeness (QED) is 0.768. The molecule has 2 rings (SSSR count). The van der Waals surface area contributed by atoms with Gasteiger partial charge in [0.2, 0.25) is 11.8 Å². The standard InChI is InChI=1S/C17H31N3O2.ClH/c1-4-6-13(3)20-12-14(10-16(20)21)17(22)19(9-5-2)15-7-8-18-11-15;/h13-15,18H,4-12H2,1-3H3;1H. The monoisotopic (exact) mass is 345 g/mol. The predicted molar refractivity (Wildman–Crippen MR) is 94.7 cm³/mol. The first kappa shape index (κ1) is 20.2. The second-order valence-corrected chi connectivity index (χ2v) is 6.76. The lowest BCUT2D eigenvalue weighted by Gasteiger charge is -2.31. The Bertz CT molecular complexity index is 399. The summed E-state index contributed by atoms with van der Waals surface area (Å²) in [5, 5.41) is 3.34. The number of hydrogen-bond acceptors (Lipinski definition) is 3. The minimum Gasteiger partial charge on any atom is -0.339 e. The summed E-state index contributed by atoms with van der Waals surface area (Å²) < 4.78 is 0. The van der Waals surface area contributed by atoms with Crippen molar-refractivity contribution in [2.24, 2.45) is 5.92 Å². The average Bonchev–Trinajstić information content (AvgIpc) is 3.13. The summed E-state index contributed by atoms with van der Waals surface area (Å²) in [6.07, 6.45) is 4.48. The molecule has 0 aromatic heterocycles. The van der Waals surface area contributed by atoms with Crippen LogP contribution >= 0.6 is 12.4 Å². The van der Waals surface area contributed by atoms with Crippen LogP contribution in [0.1, 0.15) is 52.9 Å². The van der Waals surface area contributed by atoms with Gasteiger partial charge in [0.05, 0.1) is 5.92 Å². The zero-order chi connectivity index (χ0) is 16.1. The van der Waals surface area contributed by atoms with Gasteiger partial charge in [0.25, 0.3) is 0 Å². The van der Waals surface area contributed by atoms with E-state index in [0.29, 0.717) is 19.0 Å². The van der Waals surface area contributed by atoms with Gasteiger partial charge in [-0.1, -0.05) is 20.3 Å². The molecule has 2 amide bonds. The summed E-state index contributed by atoms with van der Waals surface area (Å²) in [5.74, 6) is 0.203. The first-order valence-electron chi connectivity index (χ1n) is 8.89. The maximum atomic E-state index is 12.9. The van der Waals surface area contributed by atoms with Gasteiger partial charge >= 0.3 is 0 Å². The summed E-state index contributed by atoms with van der Waals surface area (Å²) in [4.78, 5) is 29.1. The molecule has 134 valence electrons. The van der Waals surface area contributed by atoms with E-state index in [1.165, 1.54) is 0 Å². The van der Waals surface area contributed by atoms with E-state index in [1.54, 1.807) is 0 Å². The van der Waals surface area contributed by atoms with Gasteiger partial charge < -0.3 is 15.1 Å². The summed E-state index contributed by atoms with van der Waals surface area (Å²) in [7, 11) is 0. The molecule has 0 aliphatic carbocycles. The number of halogens is 1. The zero-order valence-corrected chi connectivity index (χ0v) is 15.5. The molecule has 3 atom stereocenters. The fraction of sp³-hybridized carbons (Fsp3) is 0.882. The Labute approximate surface area is 146 Å². The molecule has 2 heterocycles. The third-order valence-corrected chi connectivity index (χ3v) is 4.97. The third kappa shape index (κ3) is 4.83. The topological polar surface area (TPSA) is 52.7 Å². The maximum Gasteiger partial charge on any atom is 0.228 e. The van der Waals surface area contributed by atoms with Gasteiger partial charge in [-0.2, -0.15) is 0 Å². The Morgan fingerprint density at radius 2 is 2.13 bits per heavy atom. The molecule has 2 aliphatic heterocycles. The molecule has 6 heteroatoms. The maximum absolute atomic E-state index is 12.9. The van der Waals surface area contributed by atoms with Crippen LogP contribution in [0.4, 0.5) is 0 Å². The van der Waals surface area contributed by atoms with Crippen molar-refractivity contribution in [2.45, 2.75) is 65.0 Å². The molecule has 2 aliphatic rings. The number of carbonyl (C=O) groups is 2. The molecular formula is C17H32ClN3O2. The van der Waals surface area contributed by atoms with Crippen LogP contribution in [0, 0.1) is 5.92 Å². The molecule has 1 N–H and O–H groups in total. The molecule has 2 fully saturated rings. The minimum atomic E-state index is -0.140. The van der Waals surface area contributed by atoms with E-state index in [2.05, 4.69) is 26.1 Å². The van der Waals surface area contributed by atoms with Crippen molar-refractivity contribution in [1.82, 2.24) is 15.1 Å². The first-order chi connectivity index (χ1) is 10.6. The van der Waals surface area contributed by atoms with Crippen LogP contribution in [-0.2, 0) is 9.59 Å². The number of rotatable bonds is 7. The van der Waals surface area contributed by atoms with Gasteiger partial charge in [0.1, 0.15) is 0 Å². The van der Waals surface area contributed by atoms with Gasteiger partial charge in [0, 0.05) is 38.1 Å². The van der Waals surface area contributed by atoms with Gasteiger partial charge in [-0.15, -0.1) is 12.4 Å². The average molecular weight is 346 g/mol. The molecule has 3 unspecified atom stereocenters. The Kier molecular flexibility index (Phi) is 8.34. The number of carbonyl (C=O) groups excluding carboxylic acids is 2. The molecule has 2 saturated heterocycles. The number of hydrogen-bond donors (Lipinski definition) is 1. The van der Waals surface area contributed by atoms with E-state index in [4.69, 9.17) is 0 Å². The fourth-order valence-electron chi connectivity index (χ4n) is 3.75.